The summed E-state index contributed by atoms with van der Waals surface area (Å²) in [4.78, 5) is 0. The van der Waals surface area contributed by atoms with Gasteiger partial charge in [0.1, 0.15) is 0 Å². The van der Waals surface area contributed by atoms with Gasteiger partial charge < -0.3 is 5.73 Å². The normalized spacial score (nSPS) is 10.6. The fraction of sp³-hybridized carbons (Fsp3) is 0.231. The van der Waals surface area contributed by atoms with E-state index in [9.17, 15) is 0 Å². The maximum atomic E-state index is 5.99. The molecule has 1 heteroatoms. The number of rotatable bonds is 2. The van der Waals surface area contributed by atoms with Crippen molar-refractivity contribution in [2.24, 2.45) is 0 Å². The molecule has 0 saturated carbocycles. The third-order valence-electron chi connectivity index (χ3n) is 2.54. The quantitative estimate of drug-likeness (QED) is 0.713. The Morgan fingerprint density at radius 2 is 1.79 bits per heavy atom. The summed E-state index contributed by atoms with van der Waals surface area (Å²) in [6, 6.07) is 12.5. The molecule has 0 radical (unpaired) electrons. The molecule has 2 rings (SSSR count). The predicted octanol–water partition coefficient (Wildman–Crippen LogP) is 3.37. The summed E-state index contributed by atoms with van der Waals surface area (Å²) in [5.74, 6) is 0. The summed E-state index contributed by atoms with van der Waals surface area (Å²) in [6.45, 7) is 2.19. The lowest BCUT2D eigenvalue weighted by Gasteiger charge is -2.07. The molecule has 0 aromatic heterocycles. The van der Waals surface area contributed by atoms with Crippen LogP contribution in [0.15, 0.2) is 36.4 Å². The molecule has 0 atom stereocenters. The van der Waals surface area contributed by atoms with Crippen LogP contribution < -0.4 is 5.73 Å². The SMILES string of the molecule is CCCc1cccc2cccc(N)c12. The molecule has 0 fully saturated rings. The zero-order valence-electron chi connectivity index (χ0n) is 8.46. The van der Waals surface area contributed by atoms with Crippen LogP contribution in [0, 0.1) is 0 Å². The zero-order valence-corrected chi connectivity index (χ0v) is 8.46. The van der Waals surface area contributed by atoms with Crippen LogP contribution in [0.3, 0.4) is 0 Å². The number of nitrogen functional groups attached to an aromatic ring is 1. The molecule has 0 amide bonds. The maximum Gasteiger partial charge on any atom is 0.0396 e. The van der Waals surface area contributed by atoms with Gasteiger partial charge in [-0.05, 0) is 23.4 Å². The van der Waals surface area contributed by atoms with Gasteiger partial charge >= 0.3 is 0 Å². The van der Waals surface area contributed by atoms with Crippen LogP contribution >= 0.6 is 0 Å². The molecular formula is C13H15N. The highest BCUT2D eigenvalue weighted by molar-refractivity contribution is 5.95. The molecule has 0 aliphatic heterocycles. The van der Waals surface area contributed by atoms with Gasteiger partial charge in [0.15, 0.2) is 0 Å². The topological polar surface area (TPSA) is 26.0 Å². The van der Waals surface area contributed by atoms with Gasteiger partial charge in [0.05, 0.1) is 0 Å². The van der Waals surface area contributed by atoms with E-state index >= 15 is 0 Å². The molecule has 0 aliphatic rings. The van der Waals surface area contributed by atoms with Crippen molar-refractivity contribution in [1.29, 1.82) is 0 Å². The lowest BCUT2D eigenvalue weighted by molar-refractivity contribution is 0.930. The highest BCUT2D eigenvalue weighted by atomic mass is 14.5. The first-order valence-corrected chi connectivity index (χ1v) is 5.09. The third kappa shape index (κ3) is 1.46. The second-order valence-corrected chi connectivity index (χ2v) is 3.61. The van der Waals surface area contributed by atoms with Crippen LogP contribution in [0.5, 0.6) is 0 Å². The van der Waals surface area contributed by atoms with Gasteiger partial charge in [-0.3, -0.25) is 0 Å². The monoisotopic (exact) mass is 185 g/mol. The number of anilines is 1. The number of nitrogens with two attached hydrogens (primary N) is 1. The third-order valence-corrected chi connectivity index (χ3v) is 2.54. The van der Waals surface area contributed by atoms with Gasteiger partial charge in [0.2, 0.25) is 0 Å². The molecular weight excluding hydrogens is 170 g/mol. The standard InChI is InChI=1S/C13H15N/c1-2-5-10-6-3-7-11-8-4-9-12(14)13(10)11/h3-4,6-9H,2,5,14H2,1H3. The van der Waals surface area contributed by atoms with Gasteiger partial charge in [0, 0.05) is 11.1 Å². The number of aryl methyl sites for hydroxylation is 1. The van der Waals surface area contributed by atoms with E-state index in [1.165, 1.54) is 16.3 Å². The van der Waals surface area contributed by atoms with E-state index in [2.05, 4.69) is 31.2 Å². The lowest BCUT2D eigenvalue weighted by atomic mass is 10.00. The largest absolute Gasteiger partial charge is 0.398 e. The highest BCUT2D eigenvalue weighted by Gasteiger charge is 2.02. The molecule has 0 spiro atoms. The van der Waals surface area contributed by atoms with Crippen molar-refractivity contribution in [2.45, 2.75) is 19.8 Å². The number of benzene rings is 2. The first-order valence-electron chi connectivity index (χ1n) is 5.09. The van der Waals surface area contributed by atoms with Gasteiger partial charge in [-0.1, -0.05) is 43.7 Å². The zero-order chi connectivity index (χ0) is 9.97. The second-order valence-electron chi connectivity index (χ2n) is 3.61. The summed E-state index contributed by atoms with van der Waals surface area (Å²) in [6.07, 6.45) is 2.26. The minimum absolute atomic E-state index is 0.895. The Hall–Kier alpha value is -1.50. The highest BCUT2D eigenvalue weighted by Crippen LogP contribution is 2.25. The molecule has 2 aromatic carbocycles. The van der Waals surface area contributed by atoms with E-state index < -0.39 is 0 Å². The van der Waals surface area contributed by atoms with Crippen LogP contribution in [-0.4, -0.2) is 0 Å². The summed E-state index contributed by atoms with van der Waals surface area (Å²) in [5.41, 5.74) is 8.25. The Labute approximate surface area is 84.5 Å². The summed E-state index contributed by atoms with van der Waals surface area (Å²) >= 11 is 0. The Kier molecular flexibility index (Phi) is 2.40. The molecule has 2 N–H and O–H groups in total. The minimum atomic E-state index is 0.895. The van der Waals surface area contributed by atoms with Crippen molar-refractivity contribution in [2.75, 3.05) is 5.73 Å². The van der Waals surface area contributed by atoms with Gasteiger partial charge in [-0.15, -0.1) is 0 Å². The van der Waals surface area contributed by atoms with Crippen molar-refractivity contribution in [3.63, 3.8) is 0 Å². The first kappa shape index (κ1) is 9.07. The van der Waals surface area contributed by atoms with Crippen molar-refractivity contribution < 1.29 is 0 Å². The van der Waals surface area contributed by atoms with E-state index in [0.717, 1.165) is 18.5 Å². The smallest absolute Gasteiger partial charge is 0.0396 e. The van der Waals surface area contributed by atoms with E-state index in [1.54, 1.807) is 0 Å². The van der Waals surface area contributed by atoms with Crippen molar-refractivity contribution in [1.82, 2.24) is 0 Å². The average molecular weight is 185 g/mol. The lowest BCUT2D eigenvalue weighted by Crippen LogP contribution is -1.91. The molecule has 0 heterocycles. The van der Waals surface area contributed by atoms with Crippen LogP contribution in [0.1, 0.15) is 18.9 Å². The van der Waals surface area contributed by atoms with E-state index in [1.807, 2.05) is 12.1 Å². The van der Waals surface area contributed by atoms with Gasteiger partial charge in [-0.25, -0.2) is 0 Å². The maximum absolute atomic E-state index is 5.99. The minimum Gasteiger partial charge on any atom is -0.398 e. The summed E-state index contributed by atoms with van der Waals surface area (Å²) in [7, 11) is 0. The molecule has 0 bridgehead atoms. The van der Waals surface area contributed by atoms with Crippen LogP contribution in [0.4, 0.5) is 5.69 Å². The predicted molar refractivity (Wildman–Crippen MR) is 62.4 cm³/mol. The Bertz CT molecular complexity index is 441. The number of fused-ring (bicyclic) bond motifs is 1. The molecule has 72 valence electrons. The van der Waals surface area contributed by atoms with E-state index in [0.29, 0.717) is 0 Å². The van der Waals surface area contributed by atoms with Crippen molar-refractivity contribution >= 4 is 16.5 Å². The fourth-order valence-corrected chi connectivity index (χ4v) is 1.93. The number of hydrogen-bond acceptors (Lipinski definition) is 1. The Morgan fingerprint density at radius 3 is 2.50 bits per heavy atom. The summed E-state index contributed by atoms with van der Waals surface area (Å²) < 4.78 is 0. The summed E-state index contributed by atoms with van der Waals surface area (Å²) in [5, 5.41) is 2.48. The Balaban J connectivity index is 2.71. The van der Waals surface area contributed by atoms with Crippen LogP contribution in [0.25, 0.3) is 10.8 Å². The molecule has 0 unspecified atom stereocenters. The fourth-order valence-electron chi connectivity index (χ4n) is 1.93. The Morgan fingerprint density at radius 1 is 1.07 bits per heavy atom. The van der Waals surface area contributed by atoms with Crippen molar-refractivity contribution in [3.8, 4) is 0 Å². The van der Waals surface area contributed by atoms with Crippen molar-refractivity contribution in [3.05, 3.63) is 42.0 Å². The average Bonchev–Trinajstić information content (AvgIpc) is 2.19. The van der Waals surface area contributed by atoms with Gasteiger partial charge in [0.25, 0.3) is 0 Å². The van der Waals surface area contributed by atoms with Gasteiger partial charge in [-0.2, -0.15) is 0 Å². The van der Waals surface area contributed by atoms with E-state index in [-0.39, 0.29) is 0 Å². The number of hydrogen-bond donors (Lipinski definition) is 1. The molecule has 0 saturated heterocycles. The van der Waals surface area contributed by atoms with Crippen LogP contribution in [0.2, 0.25) is 0 Å². The second kappa shape index (κ2) is 3.70. The molecule has 1 nitrogen and oxygen atoms in total. The molecule has 14 heavy (non-hydrogen) atoms. The van der Waals surface area contributed by atoms with E-state index in [4.69, 9.17) is 5.73 Å². The molecule has 0 aliphatic carbocycles. The first-order chi connectivity index (χ1) is 6.83. The molecule has 2 aromatic rings. The van der Waals surface area contributed by atoms with Crippen LogP contribution in [-0.2, 0) is 6.42 Å².